The minimum absolute atomic E-state index is 0.272. The molecule has 0 aromatic carbocycles. The molecule has 0 saturated carbocycles. The molecule has 1 atom stereocenters. The van der Waals surface area contributed by atoms with E-state index in [-0.39, 0.29) is 6.42 Å². The SMILES string of the molecule is CCCC(CC(=O)O)NC(=O)CCC(F)(F)F. The lowest BCUT2D eigenvalue weighted by Gasteiger charge is -2.16. The molecule has 0 spiro atoms. The lowest BCUT2D eigenvalue weighted by molar-refractivity contribution is -0.145. The van der Waals surface area contributed by atoms with Gasteiger partial charge in [-0.2, -0.15) is 13.2 Å². The predicted octanol–water partition coefficient (Wildman–Crippen LogP) is 2.09. The van der Waals surface area contributed by atoms with E-state index >= 15 is 0 Å². The zero-order valence-electron chi connectivity index (χ0n) is 9.51. The van der Waals surface area contributed by atoms with Crippen LogP contribution in [0.25, 0.3) is 0 Å². The highest BCUT2D eigenvalue weighted by atomic mass is 19.4. The zero-order chi connectivity index (χ0) is 13.5. The number of hydrogen-bond acceptors (Lipinski definition) is 2. The van der Waals surface area contributed by atoms with E-state index in [4.69, 9.17) is 5.11 Å². The van der Waals surface area contributed by atoms with Gasteiger partial charge in [0.2, 0.25) is 5.91 Å². The minimum Gasteiger partial charge on any atom is -0.481 e. The molecule has 0 rings (SSSR count). The molecule has 0 aliphatic heterocycles. The Balaban J connectivity index is 4.07. The van der Waals surface area contributed by atoms with Crippen LogP contribution in [0.5, 0.6) is 0 Å². The van der Waals surface area contributed by atoms with E-state index in [0.29, 0.717) is 12.8 Å². The van der Waals surface area contributed by atoms with Crippen LogP contribution in [0.4, 0.5) is 13.2 Å². The van der Waals surface area contributed by atoms with Gasteiger partial charge < -0.3 is 10.4 Å². The summed E-state index contributed by atoms with van der Waals surface area (Å²) >= 11 is 0. The van der Waals surface area contributed by atoms with E-state index in [1.165, 1.54) is 0 Å². The van der Waals surface area contributed by atoms with Gasteiger partial charge in [-0.15, -0.1) is 0 Å². The van der Waals surface area contributed by atoms with Crippen molar-refractivity contribution in [3.05, 3.63) is 0 Å². The number of carbonyl (C=O) groups excluding carboxylic acids is 1. The van der Waals surface area contributed by atoms with Gasteiger partial charge in [0.1, 0.15) is 0 Å². The molecule has 17 heavy (non-hydrogen) atoms. The first-order valence-electron chi connectivity index (χ1n) is 5.32. The van der Waals surface area contributed by atoms with Gasteiger partial charge in [-0.3, -0.25) is 9.59 Å². The quantitative estimate of drug-likeness (QED) is 0.732. The lowest BCUT2D eigenvalue weighted by atomic mass is 10.1. The van der Waals surface area contributed by atoms with E-state index in [2.05, 4.69) is 5.32 Å². The Bertz CT molecular complexity index is 266. The van der Waals surface area contributed by atoms with Gasteiger partial charge in [-0.25, -0.2) is 0 Å². The Morgan fingerprint density at radius 3 is 2.35 bits per heavy atom. The second-order valence-electron chi connectivity index (χ2n) is 3.77. The van der Waals surface area contributed by atoms with E-state index in [1.54, 1.807) is 6.92 Å². The largest absolute Gasteiger partial charge is 0.481 e. The Kier molecular flexibility index (Phi) is 6.60. The molecule has 0 saturated heterocycles. The second-order valence-corrected chi connectivity index (χ2v) is 3.77. The maximum Gasteiger partial charge on any atom is 0.389 e. The van der Waals surface area contributed by atoms with Crippen LogP contribution in [-0.4, -0.2) is 29.2 Å². The average molecular weight is 255 g/mol. The first kappa shape index (κ1) is 15.7. The van der Waals surface area contributed by atoms with Crippen LogP contribution in [0.3, 0.4) is 0 Å². The van der Waals surface area contributed by atoms with Crippen molar-refractivity contribution in [1.29, 1.82) is 0 Å². The number of nitrogens with one attached hydrogen (secondary N) is 1. The third kappa shape index (κ3) is 9.65. The molecule has 0 bridgehead atoms. The highest BCUT2D eigenvalue weighted by Gasteiger charge is 2.28. The molecule has 100 valence electrons. The van der Waals surface area contributed by atoms with Crippen LogP contribution in [0.15, 0.2) is 0 Å². The number of carboxylic acids is 1. The van der Waals surface area contributed by atoms with Crippen molar-refractivity contribution < 1.29 is 27.9 Å². The number of halogens is 3. The van der Waals surface area contributed by atoms with Crippen LogP contribution >= 0.6 is 0 Å². The number of carbonyl (C=O) groups is 2. The maximum absolute atomic E-state index is 11.8. The molecule has 0 aliphatic carbocycles. The van der Waals surface area contributed by atoms with Gasteiger partial charge >= 0.3 is 12.1 Å². The van der Waals surface area contributed by atoms with Crippen LogP contribution in [0.2, 0.25) is 0 Å². The van der Waals surface area contributed by atoms with Crippen molar-refractivity contribution in [1.82, 2.24) is 5.32 Å². The summed E-state index contributed by atoms with van der Waals surface area (Å²) in [5.74, 6) is -1.85. The summed E-state index contributed by atoms with van der Waals surface area (Å²) < 4.78 is 35.5. The van der Waals surface area contributed by atoms with Crippen LogP contribution in [0.1, 0.15) is 39.0 Å². The summed E-state index contributed by atoms with van der Waals surface area (Å²) in [4.78, 5) is 21.6. The zero-order valence-corrected chi connectivity index (χ0v) is 9.51. The highest BCUT2D eigenvalue weighted by Crippen LogP contribution is 2.21. The fourth-order valence-corrected chi connectivity index (χ4v) is 1.34. The Morgan fingerprint density at radius 2 is 1.94 bits per heavy atom. The third-order valence-electron chi connectivity index (χ3n) is 2.06. The van der Waals surface area contributed by atoms with Crippen molar-refractivity contribution in [3.63, 3.8) is 0 Å². The summed E-state index contributed by atoms with van der Waals surface area (Å²) in [6.45, 7) is 1.80. The number of aliphatic carboxylic acids is 1. The average Bonchev–Trinajstić information content (AvgIpc) is 2.13. The fourth-order valence-electron chi connectivity index (χ4n) is 1.34. The summed E-state index contributed by atoms with van der Waals surface area (Å²) in [6, 6.07) is -0.599. The van der Waals surface area contributed by atoms with Gasteiger partial charge in [0.15, 0.2) is 0 Å². The first-order valence-corrected chi connectivity index (χ1v) is 5.32. The molecule has 7 heteroatoms. The Hall–Kier alpha value is -1.27. The molecule has 0 fully saturated rings. The topological polar surface area (TPSA) is 66.4 Å². The molecule has 0 aromatic heterocycles. The number of hydrogen-bond donors (Lipinski definition) is 2. The van der Waals surface area contributed by atoms with Crippen molar-refractivity contribution in [2.24, 2.45) is 0 Å². The number of amides is 1. The maximum atomic E-state index is 11.8. The molecule has 0 heterocycles. The van der Waals surface area contributed by atoms with Crippen molar-refractivity contribution in [3.8, 4) is 0 Å². The molecule has 2 N–H and O–H groups in total. The molecule has 0 radical (unpaired) electrons. The van der Waals surface area contributed by atoms with Crippen LogP contribution in [0, 0.1) is 0 Å². The summed E-state index contributed by atoms with van der Waals surface area (Å²) in [5.41, 5.74) is 0. The standard InChI is InChI=1S/C10H16F3NO3/c1-2-3-7(6-9(16)17)14-8(15)4-5-10(11,12)13/h7H,2-6H2,1H3,(H,14,15)(H,16,17). The lowest BCUT2D eigenvalue weighted by Crippen LogP contribution is -2.36. The van der Waals surface area contributed by atoms with E-state index in [0.717, 1.165) is 0 Å². The van der Waals surface area contributed by atoms with Gasteiger partial charge in [-0.05, 0) is 6.42 Å². The first-order chi connectivity index (χ1) is 7.74. The number of carboxylic acid groups (broad SMARTS) is 1. The predicted molar refractivity (Wildman–Crippen MR) is 54.4 cm³/mol. The Labute approximate surface area is 97.2 Å². The van der Waals surface area contributed by atoms with Crippen LogP contribution in [-0.2, 0) is 9.59 Å². The smallest absolute Gasteiger partial charge is 0.389 e. The summed E-state index contributed by atoms with van der Waals surface area (Å²) in [5, 5.41) is 10.9. The molecule has 0 aromatic rings. The molecular formula is C10H16F3NO3. The normalized spacial score (nSPS) is 13.2. The third-order valence-corrected chi connectivity index (χ3v) is 2.06. The van der Waals surface area contributed by atoms with Gasteiger partial charge in [0.25, 0.3) is 0 Å². The summed E-state index contributed by atoms with van der Waals surface area (Å²) in [6.07, 6.45) is -5.41. The molecule has 1 unspecified atom stereocenters. The molecule has 0 aliphatic rings. The highest BCUT2D eigenvalue weighted by molar-refractivity contribution is 5.77. The minimum atomic E-state index is -4.37. The van der Waals surface area contributed by atoms with Crippen molar-refractivity contribution >= 4 is 11.9 Å². The monoisotopic (exact) mass is 255 g/mol. The fraction of sp³-hybridized carbons (Fsp3) is 0.800. The number of rotatable bonds is 7. The van der Waals surface area contributed by atoms with Crippen LogP contribution < -0.4 is 5.32 Å². The number of alkyl halides is 3. The van der Waals surface area contributed by atoms with E-state index < -0.39 is 36.9 Å². The van der Waals surface area contributed by atoms with Gasteiger partial charge in [0.05, 0.1) is 12.8 Å². The molecule has 1 amide bonds. The van der Waals surface area contributed by atoms with Gasteiger partial charge in [-0.1, -0.05) is 13.3 Å². The molecular weight excluding hydrogens is 239 g/mol. The van der Waals surface area contributed by atoms with E-state index in [1.807, 2.05) is 0 Å². The van der Waals surface area contributed by atoms with Gasteiger partial charge in [0, 0.05) is 12.5 Å². The Morgan fingerprint density at radius 1 is 1.35 bits per heavy atom. The molecule has 4 nitrogen and oxygen atoms in total. The summed E-state index contributed by atoms with van der Waals surface area (Å²) in [7, 11) is 0. The van der Waals surface area contributed by atoms with Crippen molar-refractivity contribution in [2.75, 3.05) is 0 Å². The van der Waals surface area contributed by atoms with E-state index in [9.17, 15) is 22.8 Å². The van der Waals surface area contributed by atoms with Crippen molar-refractivity contribution in [2.45, 2.75) is 51.2 Å². The second kappa shape index (κ2) is 7.13.